The van der Waals surface area contributed by atoms with Gasteiger partial charge in [-0.15, -0.1) is 10.2 Å². The van der Waals surface area contributed by atoms with E-state index in [9.17, 15) is 4.79 Å². The van der Waals surface area contributed by atoms with Crippen molar-refractivity contribution in [2.24, 2.45) is 0 Å². The number of benzene rings is 1. The maximum Gasteiger partial charge on any atom is 0.227 e. The van der Waals surface area contributed by atoms with E-state index in [1.807, 2.05) is 30.3 Å². The fourth-order valence-electron chi connectivity index (χ4n) is 3.39. The zero-order valence-electron chi connectivity index (χ0n) is 14.4. The van der Waals surface area contributed by atoms with E-state index in [-0.39, 0.29) is 11.8 Å². The van der Waals surface area contributed by atoms with Gasteiger partial charge in [0.05, 0.1) is 12.5 Å². The summed E-state index contributed by atoms with van der Waals surface area (Å²) in [5, 5.41) is 11.7. The highest BCUT2D eigenvalue weighted by Gasteiger charge is 2.21. The fourth-order valence-corrected chi connectivity index (χ4v) is 3.39. The molecule has 1 aromatic carbocycles. The molecule has 0 saturated carbocycles. The average molecular weight is 326 g/mol. The van der Waals surface area contributed by atoms with Gasteiger partial charge in [-0.1, -0.05) is 50.1 Å². The van der Waals surface area contributed by atoms with Crippen LogP contribution in [0.1, 0.15) is 62.2 Å². The summed E-state index contributed by atoms with van der Waals surface area (Å²) in [5.41, 5.74) is 1.08. The van der Waals surface area contributed by atoms with Gasteiger partial charge in [-0.2, -0.15) is 0 Å². The first-order chi connectivity index (χ1) is 11.8. The molecule has 5 nitrogen and oxygen atoms in total. The number of rotatable bonds is 6. The minimum absolute atomic E-state index is 0.0778. The first kappa shape index (κ1) is 16.7. The number of nitrogens with zero attached hydrogens (tertiary/aromatic N) is 3. The monoisotopic (exact) mass is 326 g/mol. The highest BCUT2D eigenvalue weighted by molar-refractivity contribution is 5.83. The minimum Gasteiger partial charge on any atom is -0.348 e. The van der Waals surface area contributed by atoms with Crippen LogP contribution in [0, 0.1) is 0 Å². The fraction of sp³-hybridized carbons (Fsp3) is 0.526. The van der Waals surface area contributed by atoms with Crippen molar-refractivity contribution in [3.05, 3.63) is 47.5 Å². The number of carbonyl (C=O) groups excluding carboxylic acids is 1. The Morgan fingerprint density at radius 1 is 1.21 bits per heavy atom. The van der Waals surface area contributed by atoms with Gasteiger partial charge in [-0.25, -0.2) is 0 Å². The topological polar surface area (TPSA) is 59.8 Å². The SMILES string of the molecule is CCC[C@H](C(=O)NCc1nnc2n1CCCCC2)c1ccccc1. The maximum absolute atomic E-state index is 12.7. The van der Waals surface area contributed by atoms with Crippen molar-refractivity contribution in [1.29, 1.82) is 0 Å². The average Bonchev–Trinajstić information content (AvgIpc) is 2.84. The Balaban J connectivity index is 1.67. The van der Waals surface area contributed by atoms with E-state index in [1.54, 1.807) is 0 Å². The Morgan fingerprint density at radius 3 is 2.83 bits per heavy atom. The number of hydrogen-bond donors (Lipinski definition) is 1. The van der Waals surface area contributed by atoms with Crippen LogP contribution in [-0.4, -0.2) is 20.7 Å². The Labute approximate surface area is 143 Å². The van der Waals surface area contributed by atoms with Gasteiger partial charge < -0.3 is 9.88 Å². The molecular weight excluding hydrogens is 300 g/mol. The number of carbonyl (C=O) groups is 1. The molecule has 0 fully saturated rings. The number of hydrogen-bond acceptors (Lipinski definition) is 3. The molecule has 128 valence electrons. The first-order valence-corrected chi connectivity index (χ1v) is 9.03. The van der Waals surface area contributed by atoms with Crippen molar-refractivity contribution in [3.63, 3.8) is 0 Å². The van der Waals surface area contributed by atoms with E-state index in [4.69, 9.17) is 0 Å². The molecule has 5 heteroatoms. The van der Waals surface area contributed by atoms with Crippen molar-refractivity contribution in [3.8, 4) is 0 Å². The molecule has 3 rings (SSSR count). The molecule has 0 spiro atoms. The predicted octanol–water partition coefficient (Wildman–Crippen LogP) is 3.20. The second-order valence-corrected chi connectivity index (χ2v) is 6.46. The van der Waals surface area contributed by atoms with Gasteiger partial charge in [0.25, 0.3) is 0 Å². The molecule has 1 amide bonds. The van der Waals surface area contributed by atoms with Gasteiger partial charge in [0.1, 0.15) is 5.82 Å². The summed E-state index contributed by atoms with van der Waals surface area (Å²) in [5.74, 6) is 1.92. The van der Waals surface area contributed by atoms with Gasteiger partial charge in [-0.05, 0) is 24.8 Å². The maximum atomic E-state index is 12.7. The lowest BCUT2D eigenvalue weighted by Crippen LogP contribution is -2.30. The van der Waals surface area contributed by atoms with Gasteiger partial charge in [0.15, 0.2) is 5.82 Å². The molecule has 2 heterocycles. The van der Waals surface area contributed by atoms with Crippen LogP contribution in [0.5, 0.6) is 0 Å². The number of amides is 1. The summed E-state index contributed by atoms with van der Waals surface area (Å²) in [6, 6.07) is 10.0. The molecule has 24 heavy (non-hydrogen) atoms. The number of fused-ring (bicyclic) bond motifs is 1. The third-order valence-electron chi connectivity index (χ3n) is 4.70. The Hall–Kier alpha value is -2.17. The van der Waals surface area contributed by atoms with Crippen molar-refractivity contribution in [2.75, 3.05) is 0 Å². The van der Waals surface area contributed by atoms with Crippen molar-refractivity contribution in [1.82, 2.24) is 20.1 Å². The number of aromatic nitrogens is 3. The summed E-state index contributed by atoms with van der Waals surface area (Å²) < 4.78 is 2.19. The third kappa shape index (κ3) is 3.83. The van der Waals surface area contributed by atoms with Crippen LogP contribution >= 0.6 is 0 Å². The van der Waals surface area contributed by atoms with Crippen molar-refractivity contribution in [2.45, 2.75) is 64.5 Å². The van der Waals surface area contributed by atoms with Crippen LogP contribution < -0.4 is 5.32 Å². The molecule has 1 aliphatic heterocycles. The molecule has 1 N–H and O–H groups in total. The molecule has 0 bridgehead atoms. The van der Waals surface area contributed by atoms with Crippen molar-refractivity contribution < 1.29 is 4.79 Å². The molecular formula is C19H26N4O. The van der Waals surface area contributed by atoms with Gasteiger partial charge in [0.2, 0.25) is 5.91 Å². The summed E-state index contributed by atoms with van der Waals surface area (Å²) in [4.78, 5) is 12.7. The summed E-state index contributed by atoms with van der Waals surface area (Å²) in [6.07, 6.45) is 6.40. The van der Waals surface area contributed by atoms with Crippen LogP contribution in [0.25, 0.3) is 0 Å². The molecule has 1 atom stereocenters. The zero-order valence-corrected chi connectivity index (χ0v) is 14.4. The molecule has 0 radical (unpaired) electrons. The van der Waals surface area contributed by atoms with Crippen LogP contribution in [0.15, 0.2) is 30.3 Å². The van der Waals surface area contributed by atoms with Crippen molar-refractivity contribution >= 4 is 5.91 Å². The smallest absolute Gasteiger partial charge is 0.227 e. The Morgan fingerprint density at radius 2 is 2.04 bits per heavy atom. The van der Waals surface area contributed by atoms with Crippen LogP contribution in [0.3, 0.4) is 0 Å². The van der Waals surface area contributed by atoms with E-state index in [2.05, 4.69) is 27.0 Å². The van der Waals surface area contributed by atoms with E-state index in [0.717, 1.165) is 49.4 Å². The largest absolute Gasteiger partial charge is 0.348 e. The molecule has 0 saturated heterocycles. The van der Waals surface area contributed by atoms with E-state index < -0.39 is 0 Å². The number of nitrogens with one attached hydrogen (secondary N) is 1. The van der Waals surface area contributed by atoms with E-state index >= 15 is 0 Å². The Bertz CT molecular complexity index is 665. The van der Waals surface area contributed by atoms with E-state index in [1.165, 1.54) is 12.8 Å². The highest BCUT2D eigenvalue weighted by Crippen LogP contribution is 2.21. The predicted molar refractivity (Wildman–Crippen MR) is 93.5 cm³/mol. The normalized spacial score (nSPS) is 15.4. The number of aryl methyl sites for hydroxylation is 1. The summed E-state index contributed by atoms with van der Waals surface area (Å²) in [6.45, 7) is 3.53. The first-order valence-electron chi connectivity index (χ1n) is 9.03. The Kier molecular flexibility index (Phi) is 5.62. The van der Waals surface area contributed by atoms with Gasteiger partial charge in [0, 0.05) is 13.0 Å². The molecule has 2 aromatic rings. The molecule has 1 aliphatic rings. The molecule has 0 aliphatic carbocycles. The second kappa shape index (κ2) is 8.08. The van der Waals surface area contributed by atoms with Crippen LogP contribution in [0.2, 0.25) is 0 Å². The summed E-state index contributed by atoms with van der Waals surface area (Å²) >= 11 is 0. The lowest BCUT2D eigenvalue weighted by molar-refractivity contribution is -0.122. The standard InChI is InChI=1S/C19H26N4O/c1-2-9-16(15-10-5-3-6-11-15)19(24)20-14-18-22-21-17-12-7-4-8-13-23(17)18/h3,5-6,10-11,16H,2,4,7-9,12-14H2,1H3,(H,20,24)/t16-/m0/s1. The lowest BCUT2D eigenvalue weighted by atomic mass is 9.94. The van der Waals surface area contributed by atoms with Gasteiger partial charge >= 0.3 is 0 Å². The summed E-state index contributed by atoms with van der Waals surface area (Å²) in [7, 11) is 0. The highest BCUT2D eigenvalue weighted by atomic mass is 16.1. The molecule has 0 unspecified atom stereocenters. The minimum atomic E-state index is -0.0947. The lowest BCUT2D eigenvalue weighted by Gasteiger charge is -2.16. The van der Waals surface area contributed by atoms with Gasteiger partial charge in [-0.3, -0.25) is 4.79 Å². The third-order valence-corrected chi connectivity index (χ3v) is 4.70. The zero-order chi connectivity index (χ0) is 16.8. The van der Waals surface area contributed by atoms with Crippen LogP contribution in [0.4, 0.5) is 0 Å². The molecule has 1 aromatic heterocycles. The quantitative estimate of drug-likeness (QED) is 0.887. The second-order valence-electron chi connectivity index (χ2n) is 6.46. The van der Waals surface area contributed by atoms with Crippen LogP contribution in [-0.2, 0) is 24.3 Å². The van der Waals surface area contributed by atoms with E-state index in [0.29, 0.717) is 6.54 Å².